The first-order chi connectivity index (χ1) is 7.58. The van der Waals surface area contributed by atoms with E-state index in [0.29, 0.717) is 6.54 Å². The fourth-order valence-corrected chi connectivity index (χ4v) is 2.81. The van der Waals surface area contributed by atoms with Gasteiger partial charge in [0.05, 0.1) is 11.2 Å². The Balaban J connectivity index is 2.98. The Morgan fingerprint density at radius 3 is 2.24 bits per heavy atom. The van der Waals surface area contributed by atoms with Gasteiger partial charge < -0.3 is 10.5 Å². The van der Waals surface area contributed by atoms with Crippen LogP contribution in [0.1, 0.15) is 54.4 Å². The molecular formula is C14H27NO2. The van der Waals surface area contributed by atoms with Gasteiger partial charge >= 0.3 is 0 Å². The molecule has 1 aliphatic heterocycles. The molecule has 0 aromatic rings. The predicted molar refractivity (Wildman–Crippen MR) is 69.8 cm³/mol. The van der Waals surface area contributed by atoms with Crippen LogP contribution in [-0.2, 0) is 9.53 Å². The fourth-order valence-electron chi connectivity index (χ4n) is 2.81. The zero-order valence-corrected chi connectivity index (χ0v) is 12.1. The summed E-state index contributed by atoms with van der Waals surface area (Å²) in [6, 6.07) is 0. The molecular weight excluding hydrogens is 214 g/mol. The third kappa shape index (κ3) is 2.71. The smallest absolute Gasteiger partial charge is 0.146 e. The lowest BCUT2D eigenvalue weighted by Gasteiger charge is -2.33. The van der Waals surface area contributed by atoms with Crippen LogP contribution in [0, 0.1) is 11.3 Å². The van der Waals surface area contributed by atoms with Crippen LogP contribution in [0.15, 0.2) is 0 Å². The summed E-state index contributed by atoms with van der Waals surface area (Å²) >= 11 is 0. The van der Waals surface area contributed by atoms with Crippen LogP contribution in [-0.4, -0.2) is 23.5 Å². The zero-order valence-electron chi connectivity index (χ0n) is 12.1. The molecule has 0 radical (unpaired) electrons. The van der Waals surface area contributed by atoms with Gasteiger partial charge in [0.25, 0.3) is 0 Å². The van der Waals surface area contributed by atoms with Crippen molar-refractivity contribution in [2.45, 2.75) is 65.6 Å². The highest BCUT2D eigenvalue weighted by Gasteiger charge is 2.52. The first kappa shape index (κ1) is 14.7. The standard InChI is InChI=1S/C14H27NO2/c1-7-14(6,9-15)11(16)10-8-12(2,3)17-13(10,4)5/h10H,7-9,15H2,1-6H3. The van der Waals surface area contributed by atoms with E-state index >= 15 is 0 Å². The van der Waals surface area contributed by atoms with Crippen molar-refractivity contribution in [2.24, 2.45) is 17.1 Å². The molecule has 0 aromatic heterocycles. The van der Waals surface area contributed by atoms with E-state index in [9.17, 15) is 4.79 Å². The summed E-state index contributed by atoms with van der Waals surface area (Å²) in [5.41, 5.74) is 4.77. The average Bonchev–Trinajstić information content (AvgIpc) is 2.44. The van der Waals surface area contributed by atoms with Crippen LogP contribution in [0.3, 0.4) is 0 Å². The molecule has 1 rings (SSSR count). The molecule has 2 N–H and O–H groups in total. The molecule has 0 amide bonds. The first-order valence-electron chi connectivity index (χ1n) is 6.52. The number of carbonyl (C=O) groups is 1. The minimum atomic E-state index is -0.411. The van der Waals surface area contributed by atoms with Gasteiger partial charge in [-0.15, -0.1) is 0 Å². The third-order valence-corrected chi connectivity index (χ3v) is 4.22. The number of Topliss-reactive ketones (excluding diaryl/α,β-unsaturated/α-hetero) is 1. The van der Waals surface area contributed by atoms with Crippen molar-refractivity contribution < 1.29 is 9.53 Å². The van der Waals surface area contributed by atoms with Gasteiger partial charge in [0.1, 0.15) is 5.78 Å². The maximum Gasteiger partial charge on any atom is 0.146 e. The van der Waals surface area contributed by atoms with Crippen molar-refractivity contribution in [1.82, 2.24) is 0 Å². The van der Waals surface area contributed by atoms with E-state index in [1.165, 1.54) is 0 Å². The second-order valence-corrected chi connectivity index (χ2v) is 6.70. The molecule has 1 aliphatic rings. The topological polar surface area (TPSA) is 52.3 Å². The Hall–Kier alpha value is -0.410. The fraction of sp³-hybridized carbons (Fsp3) is 0.929. The molecule has 1 saturated heterocycles. The maximum atomic E-state index is 12.7. The summed E-state index contributed by atoms with van der Waals surface area (Å²) < 4.78 is 5.99. The number of rotatable bonds is 4. The molecule has 3 nitrogen and oxygen atoms in total. The Morgan fingerprint density at radius 2 is 1.94 bits per heavy atom. The van der Waals surface area contributed by atoms with Crippen LogP contribution in [0.2, 0.25) is 0 Å². The Kier molecular flexibility index (Phi) is 3.76. The van der Waals surface area contributed by atoms with Gasteiger partial charge in [0, 0.05) is 17.9 Å². The number of ether oxygens (including phenoxy) is 1. The van der Waals surface area contributed by atoms with Crippen LogP contribution >= 0.6 is 0 Å². The summed E-state index contributed by atoms with van der Waals surface area (Å²) in [6.07, 6.45) is 1.57. The number of hydrogen-bond donors (Lipinski definition) is 1. The van der Waals surface area contributed by atoms with E-state index < -0.39 is 5.41 Å². The lowest BCUT2D eigenvalue weighted by atomic mass is 9.71. The van der Waals surface area contributed by atoms with Gasteiger partial charge in [-0.3, -0.25) is 4.79 Å². The molecule has 17 heavy (non-hydrogen) atoms. The van der Waals surface area contributed by atoms with E-state index in [1.54, 1.807) is 0 Å². The molecule has 0 spiro atoms. The summed E-state index contributed by atoms with van der Waals surface area (Å²) in [5.74, 6) is 0.212. The number of carbonyl (C=O) groups excluding carboxylic acids is 1. The van der Waals surface area contributed by atoms with Crippen molar-refractivity contribution in [3.63, 3.8) is 0 Å². The highest BCUT2D eigenvalue weighted by Crippen LogP contribution is 2.45. The summed E-state index contributed by atoms with van der Waals surface area (Å²) in [7, 11) is 0. The Morgan fingerprint density at radius 1 is 1.41 bits per heavy atom. The second-order valence-electron chi connectivity index (χ2n) is 6.70. The van der Waals surface area contributed by atoms with Gasteiger partial charge in [-0.25, -0.2) is 0 Å². The largest absolute Gasteiger partial charge is 0.369 e. The van der Waals surface area contributed by atoms with E-state index in [4.69, 9.17) is 10.5 Å². The van der Waals surface area contributed by atoms with Crippen molar-refractivity contribution >= 4 is 5.78 Å². The third-order valence-electron chi connectivity index (χ3n) is 4.22. The molecule has 3 heteroatoms. The number of ketones is 1. The summed E-state index contributed by atoms with van der Waals surface area (Å²) in [6.45, 7) is 12.5. The van der Waals surface area contributed by atoms with Crippen molar-refractivity contribution in [2.75, 3.05) is 6.54 Å². The SMILES string of the molecule is CCC(C)(CN)C(=O)C1CC(C)(C)OC1(C)C. The van der Waals surface area contributed by atoms with Crippen LogP contribution in [0.4, 0.5) is 0 Å². The summed E-state index contributed by atoms with van der Waals surface area (Å²) in [5, 5.41) is 0. The van der Waals surface area contributed by atoms with E-state index in [0.717, 1.165) is 12.8 Å². The maximum absolute atomic E-state index is 12.7. The molecule has 0 saturated carbocycles. The van der Waals surface area contributed by atoms with Crippen molar-refractivity contribution in [3.8, 4) is 0 Å². The van der Waals surface area contributed by atoms with Gasteiger partial charge in [-0.05, 0) is 40.5 Å². The van der Waals surface area contributed by atoms with Crippen LogP contribution < -0.4 is 5.73 Å². The molecule has 0 aliphatic carbocycles. The van der Waals surface area contributed by atoms with E-state index in [2.05, 4.69) is 0 Å². The van der Waals surface area contributed by atoms with Gasteiger partial charge in [-0.2, -0.15) is 0 Å². The quantitative estimate of drug-likeness (QED) is 0.823. The molecule has 100 valence electrons. The minimum absolute atomic E-state index is 0.0500. The monoisotopic (exact) mass is 241 g/mol. The predicted octanol–water partition coefficient (Wildman–Crippen LogP) is 2.52. The normalized spacial score (nSPS) is 29.9. The molecule has 2 atom stereocenters. The number of nitrogens with two attached hydrogens (primary N) is 1. The van der Waals surface area contributed by atoms with Gasteiger partial charge in [0.2, 0.25) is 0 Å². The molecule has 0 bridgehead atoms. The van der Waals surface area contributed by atoms with Gasteiger partial charge in [0.15, 0.2) is 0 Å². The molecule has 2 unspecified atom stereocenters. The lowest BCUT2D eigenvalue weighted by Crippen LogP contribution is -2.44. The Labute approximate surface area is 105 Å². The second kappa shape index (κ2) is 4.36. The van der Waals surface area contributed by atoms with Crippen molar-refractivity contribution in [1.29, 1.82) is 0 Å². The molecule has 1 heterocycles. The highest BCUT2D eigenvalue weighted by atomic mass is 16.5. The van der Waals surface area contributed by atoms with Crippen LogP contribution in [0.25, 0.3) is 0 Å². The highest BCUT2D eigenvalue weighted by molar-refractivity contribution is 5.88. The zero-order chi connectivity index (χ0) is 13.5. The Bertz CT molecular complexity index is 303. The lowest BCUT2D eigenvalue weighted by molar-refractivity contribution is -0.138. The van der Waals surface area contributed by atoms with Crippen LogP contribution in [0.5, 0.6) is 0 Å². The van der Waals surface area contributed by atoms with E-state index in [-0.39, 0.29) is 22.9 Å². The molecule has 1 fully saturated rings. The first-order valence-corrected chi connectivity index (χ1v) is 6.52. The van der Waals surface area contributed by atoms with Crippen molar-refractivity contribution in [3.05, 3.63) is 0 Å². The van der Waals surface area contributed by atoms with E-state index in [1.807, 2.05) is 41.5 Å². The van der Waals surface area contributed by atoms with Gasteiger partial charge in [-0.1, -0.05) is 13.8 Å². The summed E-state index contributed by atoms with van der Waals surface area (Å²) in [4.78, 5) is 12.7. The minimum Gasteiger partial charge on any atom is -0.369 e. The average molecular weight is 241 g/mol. The molecule has 0 aromatic carbocycles. The number of hydrogen-bond acceptors (Lipinski definition) is 3.